The normalized spacial score (nSPS) is 10.9. The number of nitrogen functional groups attached to an aromatic ring is 1. The number of amides is 1. The number of nitrogens with zero attached hydrogens (tertiary/aromatic N) is 1. The molecule has 1 amide bonds. The Bertz CT molecular complexity index is 664. The van der Waals surface area contributed by atoms with Crippen molar-refractivity contribution in [1.82, 2.24) is 4.98 Å². The summed E-state index contributed by atoms with van der Waals surface area (Å²) in [7, 11) is 0. The molecule has 0 spiro atoms. The van der Waals surface area contributed by atoms with Crippen molar-refractivity contribution in [2.75, 3.05) is 11.1 Å². The third-order valence-corrected chi connectivity index (χ3v) is 2.71. The maximum absolute atomic E-state index is 11.8. The van der Waals surface area contributed by atoms with Gasteiger partial charge >= 0.3 is 0 Å². The van der Waals surface area contributed by atoms with Crippen LogP contribution in [0.25, 0.3) is 6.08 Å². The molecule has 0 unspecified atom stereocenters. The first kappa shape index (κ1) is 15.6. The Morgan fingerprint density at radius 1 is 1.32 bits per heavy atom. The second-order valence-electron chi connectivity index (χ2n) is 5.03. The van der Waals surface area contributed by atoms with E-state index in [1.54, 1.807) is 18.2 Å². The number of benzene rings is 1. The van der Waals surface area contributed by atoms with Gasteiger partial charge in [-0.05, 0) is 49.8 Å². The second kappa shape index (κ2) is 7.26. The Morgan fingerprint density at radius 3 is 2.82 bits per heavy atom. The summed E-state index contributed by atoms with van der Waals surface area (Å²) < 4.78 is 5.61. The average molecular weight is 297 g/mol. The van der Waals surface area contributed by atoms with E-state index in [4.69, 9.17) is 10.5 Å². The fraction of sp³-hybridized carbons (Fsp3) is 0.176. The lowest BCUT2D eigenvalue weighted by Gasteiger charge is -2.09. The summed E-state index contributed by atoms with van der Waals surface area (Å²) in [6.45, 7) is 3.94. The lowest BCUT2D eigenvalue weighted by atomic mass is 10.2. The van der Waals surface area contributed by atoms with Crippen molar-refractivity contribution in [3.05, 3.63) is 54.2 Å². The van der Waals surface area contributed by atoms with Gasteiger partial charge in [0.15, 0.2) is 0 Å². The van der Waals surface area contributed by atoms with Gasteiger partial charge in [0, 0.05) is 6.08 Å². The largest absolute Gasteiger partial charge is 0.491 e. The van der Waals surface area contributed by atoms with Crippen molar-refractivity contribution in [1.29, 1.82) is 0 Å². The van der Waals surface area contributed by atoms with Gasteiger partial charge in [0.05, 0.1) is 18.0 Å². The lowest BCUT2D eigenvalue weighted by Crippen LogP contribution is -2.08. The topological polar surface area (TPSA) is 77.2 Å². The van der Waals surface area contributed by atoms with Gasteiger partial charge in [0.1, 0.15) is 11.6 Å². The van der Waals surface area contributed by atoms with Gasteiger partial charge < -0.3 is 15.8 Å². The van der Waals surface area contributed by atoms with Crippen molar-refractivity contribution < 1.29 is 9.53 Å². The predicted molar refractivity (Wildman–Crippen MR) is 88.5 cm³/mol. The molecule has 0 fully saturated rings. The summed E-state index contributed by atoms with van der Waals surface area (Å²) in [6.07, 6.45) is 4.82. The fourth-order valence-corrected chi connectivity index (χ4v) is 1.80. The number of pyridine rings is 1. The third kappa shape index (κ3) is 4.94. The molecule has 114 valence electrons. The van der Waals surface area contributed by atoms with E-state index in [1.165, 1.54) is 12.3 Å². The van der Waals surface area contributed by atoms with Gasteiger partial charge in [-0.2, -0.15) is 0 Å². The number of hydrogen-bond donors (Lipinski definition) is 2. The molecule has 0 saturated carbocycles. The molecule has 1 aromatic carbocycles. The Labute approximate surface area is 129 Å². The molecule has 3 N–H and O–H groups in total. The fourth-order valence-electron chi connectivity index (χ4n) is 1.80. The molecular formula is C17H19N3O2. The van der Waals surface area contributed by atoms with Gasteiger partial charge in [-0.25, -0.2) is 4.98 Å². The summed E-state index contributed by atoms with van der Waals surface area (Å²) in [4.78, 5) is 15.8. The van der Waals surface area contributed by atoms with E-state index in [-0.39, 0.29) is 12.0 Å². The number of aromatic nitrogens is 1. The molecule has 0 aliphatic carbocycles. The average Bonchev–Trinajstić information content (AvgIpc) is 2.47. The SMILES string of the molecule is CC(C)Oc1cccc(/C=C/C(=O)Nc2ccc(N)nc2)c1. The minimum absolute atomic E-state index is 0.112. The summed E-state index contributed by atoms with van der Waals surface area (Å²) in [5.41, 5.74) is 6.98. The van der Waals surface area contributed by atoms with Crippen LogP contribution in [0.2, 0.25) is 0 Å². The molecule has 5 heteroatoms. The van der Waals surface area contributed by atoms with Crippen molar-refractivity contribution in [2.24, 2.45) is 0 Å². The molecule has 2 aromatic rings. The molecule has 0 aliphatic rings. The monoisotopic (exact) mass is 297 g/mol. The number of nitrogens with one attached hydrogen (secondary N) is 1. The van der Waals surface area contributed by atoms with Gasteiger partial charge in [0.25, 0.3) is 0 Å². The maximum atomic E-state index is 11.8. The van der Waals surface area contributed by atoms with Crippen molar-refractivity contribution >= 4 is 23.5 Å². The van der Waals surface area contributed by atoms with Crippen LogP contribution in [0, 0.1) is 0 Å². The van der Waals surface area contributed by atoms with Crippen LogP contribution in [-0.2, 0) is 4.79 Å². The van der Waals surface area contributed by atoms with Gasteiger partial charge in [-0.15, -0.1) is 0 Å². The standard InChI is InChI=1S/C17H19N3O2/c1-12(2)22-15-5-3-4-13(10-15)6-9-17(21)20-14-7-8-16(18)19-11-14/h3-12H,1-2H3,(H2,18,19)(H,20,21)/b9-6+. The van der Waals surface area contributed by atoms with Crippen LogP contribution in [0.3, 0.4) is 0 Å². The zero-order chi connectivity index (χ0) is 15.9. The van der Waals surface area contributed by atoms with Crippen LogP contribution >= 0.6 is 0 Å². The number of rotatable bonds is 5. The first-order chi connectivity index (χ1) is 10.5. The predicted octanol–water partition coefficient (Wildman–Crippen LogP) is 3.10. The van der Waals surface area contributed by atoms with E-state index < -0.39 is 0 Å². The molecule has 0 atom stereocenters. The molecule has 0 aliphatic heterocycles. The molecule has 2 rings (SSSR count). The first-order valence-corrected chi connectivity index (χ1v) is 7.00. The summed E-state index contributed by atoms with van der Waals surface area (Å²) >= 11 is 0. The number of ether oxygens (including phenoxy) is 1. The zero-order valence-electron chi connectivity index (χ0n) is 12.6. The molecular weight excluding hydrogens is 278 g/mol. The van der Waals surface area contributed by atoms with Crippen LogP contribution in [0.15, 0.2) is 48.7 Å². The third-order valence-electron chi connectivity index (χ3n) is 2.71. The molecule has 0 saturated heterocycles. The minimum atomic E-state index is -0.234. The van der Waals surface area contributed by atoms with Crippen LogP contribution in [0.1, 0.15) is 19.4 Å². The van der Waals surface area contributed by atoms with Crippen molar-refractivity contribution in [3.63, 3.8) is 0 Å². The van der Waals surface area contributed by atoms with Gasteiger partial charge in [0.2, 0.25) is 5.91 Å². The highest BCUT2D eigenvalue weighted by atomic mass is 16.5. The van der Waals surface area contributed by atoms with E-state index in [0.29, 0.717) is 11.5 Å². The Hall–Kier alpha value is -2.82. The Balaban J connectivity index is 1.98. The summed E-state index contributed by atoms with van der Waals surface area (Å²) in [6, 6.07) is 10.9. The molecule has 5 nitrogen and oxygen atoms in total. The number of hydrogen-bond acceptors (Lipinski definition) is 4. The van der Waals surface area contributed by atoms with Crippen LogP contribution < -0.4 is 15.8 Å². The van der Waals surface area contributed by atoms with Gasteiger partial charge in [-0.1, -0.05) is 12.1 Å². The van der Waals surface area contributed by atoms with E-state index in [0.717, 1.165) is 11.3 Å². The zero-order valence-corrected chi connectivity index (χ0v) is 12.6. The molecule has 0 bridgehead atoms. The summed E-state index contributed by atoms with van der Waals surface area (Å²) in [5.74, 6) is 0.956. The highest BCUT2D eigenvalue weighted by molar-refractivity contribution is 6.01. The number of carbonyl (C=O) groups excluding carboxylic acids is 1. The molecule has 22 heavy (non-hydrogen) atoms. The molecule has 1 heterocycles. The first-order valence-electron chi connectivity index (χ1n) is 7.00. The van der Waals surface area contributed by atoms with E-state index in [9.17, 15) is 4.79 Å². The van der Waals surface area contributed by atoms with Crippen LogP contribution in [0.4, 0.5) is 11.5 Å². The highest BCUT2D eigenvalue weighted by Crippen LogP contribution is 2.16. The van der Waals surface area contributed by atoms with Crippen LogP contribution in [-0.4, -0.2) is 17.0 Å². The van der Waals surface area contributed by atoms with E-state index in [1.807, 2.05) is 38.1 Å². The van der Waals surface area contributed by atoms with E-state index >= 15 is 0 Å². The highest BCUT2D eigenvalue weighted by Gasteiger charge is 2.00. The quantitative estimate of drug-likeness (QED) is 0.831. The number of carbonyl (C=O) groups is 1. The van der Waals surface area contributed by atoms with Crippen molar-refractivity contribution in [2.45, 2.75) is 20.0 Å². The summed E-state index contributed by atoms with van der Waals surface area (Å²) in [5, 5.41) is 2.71. The minimum Gasteiger partial charge on any atom is -0.491 e. The van der Waals surface area contributed by atoms with Crippen molar-refractivity contribution in [3.8, 4) is 5.75 Å². The molecule has 0 radical (unpaired) electrons. The maximum Gasteiger partial charge on any atom is 0.248 e. The Morgan fingerprint density at radius 2 is 2.14 bits per heavy atom. The van der Waals surface area contributed by atoms with Crippen LogP contribution in [0.5, 0.6) is 5.75 Å². The lowest BCUT2D eigenvalue weighted by molar-refractivity contribution is -0.111. The molecule has 1 aromatic heterocycles. The van der Waals surface area contributed by atoms with Gasteiger partial charge in [-0.3, -0.25) is 4.79 Å². The Kier molecular flexibility index (Phi) is 5.14. The number of nitrogens with two attached hydrogens (primary N) is 1. The second-order valence-corrected chi connectivity index (χ2v) is 5.03. The van der Waals surface area contributed by atoms with E-state index in [2.05, 4.69) is 10.3 Å². The number of anilines is 2. The smallest absolute Gasteiger partial charge is 0.248 e.